The number of rotatable bonds is 0. The van der Waals surface area contributed by atoms with E-state index in [1.54, 1.807) is 0 Å². The van der Waals surface area contributed by atoms with E-state index in [9.17, 15) is 5.11 Å². The molecule has 1 aromatic carbocycles. The predicted octanol–water partition coefficient (Wildman–Crippen LogP) is 1.28. The highest BCUT2D eigenvalue weighted by molar-refractivity contribution is 5.52. The van der Waals surface area contributed by atoms with Crippen LogP contribution in [0.5, 0.6) is 5.75 Å². The minimum absolute atomic E-state index is 0.102. The maximum Gasteiger partial charge on any atom is 0.138 e. The van der Waals surface area contributed by atoms with Gasteiger partial charge in [-0.25, -0.2) is 0 Å². The van der Waals surface area contributed by atoms with Gasteiger partial charge in [0.1, 0.15) is 5.75 Å². The molecule has 9 heavy (non-hydrogen) atoms. The van der Waals surface area contributed by atoms with E-state index in [0.29, 0.717) is 0 Å². The number of hydrogen-bond donors (Lipinski definition) is 2. The van der Waals surface area contributed by atoms with E-state index in [-0.39, 0.29) is 29.4 Å². The number of aromatic hydroxyl groups is 1. The summed E-state index contributed by atoms with van der Waals surface area (Å²) in [4.78, 5) is 0. The van der Waals surface area contributed by atoms with E-state index in [2.05, 4.69) is 0 Å². The fourth-order valence-corrected chi connectivity index (χ4v) is 0.496. The van der Waals surface area contributed by atoms with Crippen LogP contribution in [0.4, 0.5) is 5.69 Å². The Hall–Kier alpha value is -1.18. The van der Waals surface area contributed by atoms with E-state index in [0.717, 1.165) is 0 Å². The second kappa shape index (κ2) is 1.97. The monoisotopic (exact) mass is 126 g/mol. The number of benzene rings is 1. The van der Waals surface area contributed by atoms with Crippen LogP contribution in [-0.2, 0) is 0 Å². The number of phenols is 1. The molecule has 0 aliphatic heterocycles. The third-order valence-electron chi connectivity index (χ3n) is 0.946. The Kier molecular flexibility index (Phi) is 0.681. The number of nitrogens with two attached hydrogens (primary N) is 1. The first-order valence-corrected chi connectivity index (χ1v) is 2.51. The second-order valence-corrected chi connectivity index (χ2v) is 1.76. The second-order valence-electron chi connectivity index (χ2n) is 1.76. The quantitative estimate of drug-likeness (QED) is 0.406. The first-order valence-electron chi connectivity index (χ1n) is 4.01. The normalized spacial score (nSPS) is 14.1. The van der Waals surface area contributed by atoms with E-state index >= 15 is 0 Å². The highest BCUT2D eigenvalue weighted by Gasteiger charge is 1.92. The largest absolute Gasteiger partial charge is 0.506 e. The molecule has 0 aliphatic carbocycles. The number of hydrogen-bond acceptors (Lipinski definition) is 2. The first kappa shape index (κ1) is 3.11. The molecule has 0 amide bonds. The molecule has 48 valence electrons. The Bertz CT molecular complexity index is 233. The lowest BCUT2D eigenvalue weighted by molar-refractivity contribution is 0.477. The molecule has 0 saturated carbocycles. The van der Waals surface area contributed by atoms with Crippen molar-refractivity contribution in [3.8, 4) is 5.75 Å². The molecule has 0 heterocycles. The van der Waals surface area contributed by atoms with E-state index in [1.165, 1.54) is 6.92 Å². The van der Waals surface area contributed by atoms with Crippen LogP contribution in [0.1, 0.15) is 9.68 Å². The van der Waals surface area contributed by atoms with Gasteiger partial charge in [0.25, 0.3) is 0 Å². The van der Waals surface area contributed by atoms with Crippen molar-refractivity contribution >= 4 is 5.69 Å². The third-order valence-corrected chi connectivity index (χ3v) is 0.946. The molecule has 0 unspecified atom stereocenters. The molecule has 0 radical (unpaired) electrons. The molecule has 0 fully saturated rings. The summed E-state index contributed by atoms with van der Waals surface area (Å²) in [5, 5.41) is 9.18. The average molecular weight is 126 g/mol. The Balaban J connectivity index is 3.60. The fraction of sp³-hybridized carbons (Fsp3) is 0.143. The van der Waals surface area contributed by atoms with Gasteiger partial charge in [-0.3, -0.25) is 0 Å². The summed E-state index contributed by atoms with van der Waals surface area (Å²) in [5.74, 6) is -0.409. The van der Waals surface area contributed by atoms with Crippen LogP contribution in [0.2, 0.25) is 0 Å². The van der Waals surface area contributed by atoms with Gasteiger partial charge in [0.15, 0.2) is 0 Å². The molecule has 3 N–H and O–H groups in total. The summed E-state index contributed by atoms with van der Waals surface area (Å²) in [6.07, 6.45) is 0. The molecule has 0 spiro atoms. The van der Waals surface area contributed by atoms with Crippen LogP contribution in [-0.4, -0.2) is 5.11 Å². The summed E-state index contributed by atoms with van der Waals surface area (Å²) in [7, 11) is 0. The van der Waals surface area contributed by atoms with Gasteiger partial charge < -0.3 is 10.8 Å². The van der Waals surface area contributed by atoms with Crippen molar-refractivity contribution in [1.29, 1.82) is 0 Å². The predicted molar refractivity (Wildman–Crippen MR) is 37.3 cm³/mol. The van der Waals surface area contributed by atoms with Crippen LogP contribution >= 0.6 is 0 Å². The van der Waals surface area contributed by atoms with Gasteiger partial charge in [0.05, 0.1) is 9.80 Å². The van der Waals surface area contributed by atoms with Crippen molar-refractivity contribution in [3.63, 3.8) is 0 Å². The van der Waals surface area contributed by atoms with Gasteiger partial charge >= 0.3 is 0 Å². The minimum Gasteiger partial charge on any atom is -0.506 e. The lowest BCUT2D eigenvalue weighted by atomic mass is 10.2. The average Bonchev–Trinajstić information content (AvgIpc) is 2.08. The topological polar surface area (TPSA) is 46.2 Å². The van der Waals surface area contributed by atoms with E-state index in [4.69, 9.17) is 9.85 Å². The van der Waals surface area contributed by atoms with Gasteiger partial charge in [-0.15, -0.1) is 0 Å². The van der Waals surface area contributed by atoms with Gasteiger partial charge in [-0.05, 0) is 24.6 Å². The number of nitrogen functional groups attached to an aromatic ring is 1. The zero-order valence-electron chi connectivity index (χ0n) is 8.02. The van der Waals surface area contributed by atoms with Crippen LogP contribution in [0.3, 0.4) is 0 Å². The smallest absolute Gasteiger partial charge is 0.138 e. The zero-order valence-corrected chi connectivity index (χ0v) is 5.02. The molecular weight excluding hydrogens is 114 g/mol. The lowest BCUT2D eigenvalue weighted by Crippen LogP contribution is -1.84. The van der Waals surface area contributed by atoms with Gasteiger partial charge in [-0.1, -0.05) is 6.04 Å². The van der Waals surface area contributed by atoms with E-state index < -0.39 is 5.75 Å². The number of phenolic OH excluding ortho intramolecular Hbond substituents is 1. The molecular formula is C7H9NO. The fourth-order valence-electron chi connectivity index (χ4n) is 0.496. The van der Waals surface area contributed by atoms with E-state index in [1.807, 2.05) is 0 Å². The molecule has 0 bridgehead atoms. The molecule has 0 aliphatic rings. The zero-order chi connectivity index (χ0) is 9.46. The number of anilines is 1. The SMILES string of the molecule is [2H]c1c([2H])c(N)c(O)c([2H])c1C. The molecule has 0 saturated heterocycles. The van der Waals surface area contributed by atoms with Crippen molar-refractivity contribution in [1.82, 2.24) is 0 Å². The Morgan fingerprint density at radius 1 is 1.67 bits per heavy atom. The summed E-state index contributed by atoms with van der Waals surface area (Å²) < 4.78 is 21.9. The highest BCUT2D eigenvalue weighted by atomic mass is 16.3. The first-order chi connectivity index (χ1) is 5.46. The summed E-state index contributed by atoms with van der Waals surface area (Å²) in [6.45, 7) is 1.50. The molecule has 0 atom stereocenters. The van der Waals surface area contributed by atoms with Crippen molar-refractivity contribution in [2.75, 3.05) is 5.73 Å². The van der Waals surface area contributed by atoms with Crippen LogP contribution in [0, 0.1) is 6.92 Å². The van der Waals surface area contributed by atoms with Crippen molar-refractivity contribution in [2.24, 2.45) is 0 Å². The summed E-state index contributed by atoms with van der Waals surface area (Å²) in [6, 6.07) is -0.496. The van der Waals surface area contributed by atoms with Gasteiger partial charge in [0.2, 0.25) is 0 Å². The van der Waals surface area contributed by atoms with Crippen molar-refractivity contribution in [2.45, 2.75) is 6.92 Å². The highest BCUT2D eigenvalue weighted by Crippen LogP contribution is 2.19. The molecule has 1 aromatic rings. The Labute approximate surface area is 58.1 Å². The lowest BCUT2D eigenvalue weighted by Gasteiger charge is -1.97. The summed E-state index contributed by atoms with van der Waals surface area (Å²) in [5.41, 5.74) is 5.35. The Morgan fingerprint density at radius 3 is 3.00 bits per heavy atom. The van der Waals surface area contributed by atoms with Crippen LogP contribution < -0.4 is 5.73 Å². The Morgan fingerprint density at radius 2 is 2.33 bits per heavy atom. The molecule has 1 rings (SSSR count). The summed E-state index contributed by atoms with van der Waals surface area (Å²) >= 11 is 0. The van der Waals surface area contributed by atoms with Crippen LogP contribution in [0.15, 0.2) is 18.1 Å². The molecule has 2 nitrogen and oxygen atoms in total. The van der Waals surface area contributed by atoms with Crippen molar-refractivity contribution < 1.29 is 9.22 Å². The van der Waals surface area contributed by atoms with Gasteiger partial charge in [0, 0.05) is 0 Å². The standard InChI is InChI=1S/C7H9NO/c1-5-2-3-6(8)7(9)4-5/h2-4,9H,8H2,1H3/i2D,3D,4D. The third kappa shape index (κ3) is 1.13. The maximum atomic E-state index is 9.18. The molecule has 0 aromatic heterocycles. The van der Waals surface area contributed by atoms with Crippen LogP contribution in [0.25, 0.3) is 0 Å². The minimum atomic E-state index is -0.409. The van der Waals surface area contributed by atoms with Crippen molar-refractivity contribution in [3.05, 3.63) is 23.7 Å². The van der Waals surface area contributed by atoms with Gasteiger partial charge in [-0.2, -0.15) is 0 Å². The maximum absolute atomic E-state index is 9.18. The molecule has 2 heteroatoms.